The van der Waals surface area contributed by atoms with Crippen LogP contribution in [-0.2, 0) is 0 Å². The average Bonchev–Trinajstić information content (AvgIpc) is 3.05. The maximum atomic E-state index is 4.81. The highest BCUT2D eigenvalue weighted by molar-refractivity contribution is 5.47. The van der Waals surface area contributed by atoms with Crippen molar-refractivity contribution in [1.82, 2.24) is 14.8 Å². The van der Waals surface area contributed by atoms with E-state index >= 15 is 0 Å². The van der Waals surface area contributed by atoms with E-state index in [9.17, 15) is 0 Å². The van der Waals surface area contributed by atoms with Crippen molar-refractivity contribution in [3.8, 4) is 5.69 Å². The molecule has 0 bridgehead atoms. The lowest BCUT2D eigenvalue weighted by Crippen LogP contribution is -2.47. The first-order valence-electron chi connectivity index (χ1n) is 8.34. The lowest BCUT2D eigenvalue weighted by molar-refractivity contribution is 0.638. The standard InChI is InChI=1S/C19H21N5/c1-16-15-19(21-24(16)17-7-3-2-4-8-17)23-13-11-22(12-14-23)18-9-5-6-10-20-18/h2-10,15H,11-14H2,1H3. The Labute approximate surface area is 142 Å². The van der Waals surface area contributed by atoms with Gasteiger partial charge < -0.3 is 9.80 Å². The number of rotatable bonds is 3. The van der Waals surface area contributed by atoms with Gasteiger partial charge in [0.2, 0.25) is 0 Å². The predicted octanol–water partition coefficient (Wildman–Crippen LogP) is 2.90. The van der Waals surface area contributed by atoms with Gasteiger partial charge in [0.05, 0.1) is 5.69 Å². The SMILES string of the molecule is Cc1cc(N2CCN(c3ccccn3)CC2)nn1-c1ccccc1. The number of aryl methyl sites for hydroxylation is 1. The lowest BCUT2D eigenvalue weighted by Gasteiger charge is -2.35. The molecular formula is C19H21N5. The van der Waals surface area contributed by atoms with Crippen molar-refractivity contribution < 1.29 is 0 Å². The van der Waals surface area contributed by atoms with E-state index in [-0.39, 0.29) is 0 Å². The van der Waals surface area contributed by atoms with Crippen LogP contribution in [0.3, 0.4) is 0 Å². The Bertz CT molecular complexity index is 789. The zero-order valence-corrected chi connectivity index (χ0v) is 13.8. The Morgan fingerprint density at radius 2 is 1.46 bits per heavy atom. The molecule has 1 aliphatic heterocycles. The van der Waals surface area contributed by atoms with Crippen LogP contribution in [0.2, 0.25) is 0 Å². The Hall–Kier alpha value is -2.82. The minimum Gasteiger partial charge on any atom is -0.353 e. The van der Waals surface area contributed by atoms with E-state index in [2.05, 4.69) is 46.0 Å². The largest absolute Gasteiger partial charge is 0.353 e. The van der Waals surface area contributed by atoms with Gasteiger partial charge in [0.15, 0.2) is 5.82 Å². The van der Waals surface area contributed by atoms with Gasteiger partial charge in [-0.15, -0.1) is 0 Å². The van der Waals surface area contributed by atoms with Crippen molar-refractivity contribution in [1.29, 1.82) is 0 Å². The second kappa shape index (κ2) is 6.35. The maximum Gasteiger partial charge on any atom is 0.151 e. The van der Waals surface area contributed by atoms with Crippen LogP contribution >= 0.6 is 0 Å². The quantitative estimate of drug-likeness (QED) is 0.744. The summed E-state index contributed by atoms with van der Waals surface area (Å²) in [4.78, 5) is 9.13. The van der Waals surface area contributed by atoms with Crippen molar-refractivity contribution in [3.63, 3.8) is 0 Å². The molecule has 1 aromatic carbocycles. The van der Waals surface area contributed by atoms with Crippen molar-refractivity contribution >= 4 is 11.6 Å². The zero-order chi connectivity index (χ0) is 16.4. The fraction of sp³-hybridized carbons (Fsp3) is 0.263. The number of hydrogen-bond donors (Lipinski definition) is 0. The minimum atomic E-state index is 0.960. The summed E-state index contributed by atoms with van der Waals surface area (Å²) in [5, 5.41) is 4.81. The first-order valence-corrected chi connectivity index (χ1v) is 8.34. The van der Waals surface area contributed by atoms with Crippen LogP contribution in [0.5, 0.6) is 0 Å². The van der Waals surface area contributed by atoms with E-state index in [4.69, 9.17) is 5.10 Å². The zero-order valence-electron chi connectivity index (χ0n) is 13.8. The van der Waals surface area contributed by atoms with Gasteiger partial charge in [0.25, 0.3) is 0 Å². The number of pyridine rings is 1. The topological polar surface area (TPSA) is 37.2 Å². The van der Waals surface area contributed by atoms with Crippen LogP contribution in [0.15, 0.2) is 60.8 Å². The first-order chi connectivity index (χ1) is 11.8. The molecule has 4 rings (SSSR count). The molecule has 0 unspecified atom stereocenters. The predicted molar refractivity (Wildman–Crippen MR) is 97.0 cm³/mol. The van der Waals surface area contributed by atoms with Gasteiger partial charge >= 0.3 is 0 Å². The van der Waals surface area contributed by atoms with E-state index < -0.39 is 0 Å². The molecule has 0 atom stereocenters. The average molecular weight is 319 g/mol. The van der Waals surface area contributed by atoms with E-state index in [0.29, 0.717) is 0 Å². The fourth-order valence-corrected chi connectivity index (χ4v) is 3.15. The Morgan fingerprint density at radius 3 is 2.12 bits per heavy atom. The molecule has 0 spiro atoms. The van der Waals surface area contributed by atoms with E-state index in [0.717, 1.165) is 49.2 Å². The van der Waals surface area contributed by atoms with Gasteiger partial charge in [0.1, 0.15) is 5.82 Å². The van der Waals surface area contributed by atoms with Crippen molar-refractivity contribution in [3.05, 3.63) is 66.5 Å². The molecule has 0 N–H and O–H groups in total. The van der Waals surface area contributed by atoms with Crippen LogP contribution in [-0.4, -0.2) is 40.9 Å². The molecule has 1 saturated heterocycles. The van der Waals surface area contributed by atoms with E-state index in [1.54, 1.807) is 0 Å². The molecule has 1 aliphatic rings. The second-order valence-corrected chi connectivity index (χ2v) is 6.05. The maximum absolute atomic E-state index is 4.81. The van der Waals surface area contributed by atoms with Crippen molar-refractivity contribution in [2.24, 2.45) is 0 Å². The molecule has 122 valence electrons. The minimum absolute atomic E-state index is 0.960. The number of hydrogen-bond acceptors (Lipinski definition) is 4. The molecule has 0 saturated carbocycles. The molecule has 24 heavy (non-hydrogen) atoms. The van der Waals surface area contributed by atoms with E-state index in [1.807, 2.05) is 41.2 Å². The summed E-state index contributed by atoms with van der Waals surface area (Å²) in [6, 6.07) is 18.5. The number of benzene rings is 1. The Morgan fingerprint density at radius 1 is 0.792 bits per heavy atom. The summed E-state index contributed by atoms with van der Waals surface area (Å²) < 4.78 is 2.01. The summed E-state index contributed by atoms with van der Waals surface area (Å²) >= 11 is 0. The van der Waals surface area contributed by atoms with Gasteiger partial charge in [0, 0.05) is 44.1 Å². The number of aromatic nitrogens is 3. The summed E-state index contributed by atoms with van der Waals surface area (Å²) in [6.45, 7) is 5.96. The number of anilines is 2. The number of para-hydroxylation sites is 1. The van der Waals surface area contributed by atoms with Crippen LogP contribution in [0, 0.1) is 6.92 Å². The summed E-state index contributed by atoms with van der Waals surface area (Å²) in [5.74, 6) is 2.11. The van der Waals surface area contributed by atoms with Gasteiger partial charge in [-0.2, -0.15) is 5.10 Å². The Balaban J connectivity index is 1.49. The van der Waals surface area contributed by atoms with Gasteiger partial charge in [-0.25, -0.2) is 9.67 Å². The van der Waals surface area contributed by atoms with E-state index in [1.165, 1.54) is 0 Å². The highest BCUT2D eigenvalue weighted by Crippen LogP contribution is 2.21. The van der Waals surface area contributed by atoms with Crippen LogP contribution in [0.1, 0.15) is 5.69 Å². The van der Waals surface area contributed by atoms with Crippen LogP contribution < -0.4 is 9.80 Å². The smallest absolute Gasteiger partial charge is 0.151 e. The molecule has 0 aliphatic carbocycles. The molecule has 5 nitrogen and oxygen atoms in total. The molecule has 0 amide bonds. The summed E-state index contributed by atoms with van der Waals surface area (Å²) in [6.07, 6.45) is 1.85. The normalized spacial score (nSPS) is 14.9. The van der Waals surface area contributed by atoms with Gasteiger partial charge in [-0.3, -0.25) is 0 Å². The third kappa shape index (κ3) is 2.85. The van der Waals surface area contributed by atoms with Crippen LogP contribution in [0.4, 0.5) is 11.6 Å². The summed E-state index contributed by atoms with van der Waals surface area (Å²) in [5.41, 5.74) is 2.26. The first kappa shape index (κ1) is 14.8. The fourth-order valence-electron chi connectivity index (χ4n) is 3.15. The summed E-state index contributed by atoms with van der Waals surface area (Å²) in [7, 11) is 0. The van der Waals surface area contributed by atoms with Crippen molar-refractivity contribution in [2.45, 2.75) is 6.92 Å². The molecular weight excluding hydrogens is 298 g/mol. The van der Waals surface area contributed by atoms with Crippen LogP contribution in [0.25, 0.3) is 5.69 Å². The molecule has 2 aromatic heterocycles. The number of nitrogens with zero attached hydrogens (tertiary/aromatic N) is 5. The molecule has 3 heterocycles. The number of piperazine rings is 1. The van der Waals surface area contributed by atoms with Crippen molar-refractivity contribution in [2.75, 3.05) is 36.0 Å². The second-order valence-electron chi connectivity index (χ2n) is 6.05. The molecule has 3 aromatic rings. The third-order valence-electron chi connectivity index (χ3n) is 4.45. The molecule has 5 heteroatoms. The third-order valence-corrected chi connectivity index (χ3v) is 4.45. The Kier molecular flexibility index (Phi) is 3.91. The van der Waals surface area contributed by atoms with Gasteiger partial charge in [-0.1, -0.05) is 24.3 Å². The molecule has 1 fully saturated rings. The highest BCUT2D eigenvalue weighted by atomic mass is 15.4. The highest BCUT2D eigenvalue weighted by Gasteiger charge is 2.20. The monoisotopic (exact) mass is 319 g/mol. The lowest BCUT2D eigenvalue weighted by atomic mass is 10.3. The molecule has 0 radical (unpaired) electrons. The van der Waals surface area contributed by atoms with Gasteiger partial charge in [-0.05, 0) is 31.2 Å².